The molecule has 0 aromatic carbocycles. The third-order valence-electron chi connectivity index (χ3n) is 1.85. The molecule has 1 atom stereocenters. The third kappa shape index (κ3) is 4.01. The average Bonchev–Trinajstić information content (AvgIpc) is 2.57. The summed E-state index contributed by atoms with van der Waals surface area (Å²) in [6.45, 7) is 2.19. The van der Waals surface area contributed by atoms with Gasteiger partial charge in [0.05, 0.1) is 6.61 Å². The van der Waals surface area contributed by atoms with Gasteiger partial charge in [-0.3, -0.25) is 0 Å². The van der Waals surface area contributed by atoms with Crippen LogP contribution in [0.4, 0.5) is 0 Å². The Labute approximate surface area is 72.9 Å². The Balaban J connectivity index is 1.81. The summed E-state index contributed by atoms with van der Waals surface area (Å²) in [6, 6.07) is 0. The van der Waals surface area contributed by atoms with Gasteiger partial charge in [-0.2, -0.15) is 0 Å². The van der Waals surface area contributed by atoms with E-state index in [1.165, 1.54) is 0 Å². The quantitative estimate of drug-likeness (QED) is 0.479. The molecule has 12 heavy (non-hydrogen) atoms. The van der Waals surface area contributed by atoms with E-state index in [9.17, 15) is 0 Å². The Morgan fingerprint density at radius 1 is 1.33 bits per heavy atom. The van der Waals surface area contributed by atoms with Crippen LogP contribution in [-0.2, 0) is 14.3 Å². The number of hydrogen-bond donors (Lipinski definition) is 1. The molecular weight excluding hydrogens is 158 g/mol. The first-order chi connectivity index (χ1) is 5.93. The predicted molar refractivity (Wildman–Crippen MR) is 44.3 cm³/mol. The molecule has 1 rings (SSSR count). The molecule has 1 fully saturated rings. The van der Waals surface area contributed by atoms with E-state index in [-0.39, 0.29) is 6.29 Å². The normalized spacial score (nSPS) is 23.2. The lowest BCUT2D eigenvalue weighted by Crippen LogP contribution is -2.12. The molecule has 0 amide bonds. The molecule has 1 unspecified atom stereocenters. The lowest BCUT2D eigenvalue weighted by atomic mass is 10.3. The monoisotopic (exact) mass is 175 g/mol. The van der Waals surface area contributed by atoms with Gasteiger partial charge in [0.1, 0.15) is 0 Å². The fraction of sp³-hybridized carbons (Fsp3) is 1.00. The summed E-state index contributed by atoms with van der Waals surface area (Å²) in [5.41, 5.74) is 0. The Morgan fingerprint density at radius 2 is 2.17 bits per heavy atom. The second-order valence-electron chi connectivity index (χ2n) is 2.89. The third-order valence-corrected chi connectivity index (χ3v) is 1.85. The zero-order valence-electron chi connectivity index (χ0n) is 7.33. The molecule has 0 saturated carbocycles. The number of rotatable bonds is 6. The van der Waals surface area contributed by atoms with Crippen molar-refractivity contribution in [2.24, 2.45) is 5.90 Å². The van der Waals surface area contributed by atoms with Crippen LogP contribution in [0.15, 0.2) is 0 Å². The summed E-state index contributed by atoms with van der Waals surface area (Å²) < 4.78 is 10.7. The topological polar surface area (TPSA) is 53.7 Å². The molecule has 1 aliphatic rings. The Morgan fingerprint density at radius 3 is 2.83 bits per heavy atom. The van der Waals surface area contributed by atoms with Gasteiger partial charge in [0.15, 0.2) is 6.29 Å². The lowest BCUT2D eigenvalue weighted by Gasteiger charge is -2.09. The average molecular weight is 175 g/mol. The summed E-state index contributed by atoms with van der Waals surface area (Å²) in [7, 11) is 0. The highest BCUT2D eigenvalue weighted by atomic mass is 16.7. The summed E-state index contributed by atoms with van der Waals surface area (Å²) >= 11 is 0. The predicted octanol–water partition coefficient (Wildman–Crippen LogP) is 0.810. The van der Waals surface area contributed by atoms with Crippen molar-refractivity contribution in [3.8, 4) is 0 Å². The molecule has 0 spiro atoms. The maximum Gasteiger partial charge on any atom is 0.157 e. The minimum atomic E-state index is 0.0452. The molecule has 2 N–H and O–H groups in total. The van der Waals surface area contributed by atoms with E-state index in [0.29, 0.717) is 6.61 Å². The highest BCUT2D eigenvalue weighted by Gasteiger charge is 2.14. The smallest absolute Gasteiger partial charge is 0.157 e. The molecule has 0 aromatic heterocycles. The lowest BCUT2D eigenvalue weighted by molar-refractivity contribution is -0.112. The molecule has 1 aliphatic heterocycles. The summed E-state index contributed by atoms with van der Waals surface area (Å²) in [5, 5.41) is 0. The van der Waals surface area contributed by atoms with Crippen LogP contribution in [0.1, 0.15) is 25.7 Å². The Hall–Kier alpha value is -0.160. The molecule has 0 aliphatic carbocycles. The Kier molecular flexibility index (Phi) is 5.27. The summed E-state index contributed by atoms with van der Waals surface area (Å²) in [5.74, 6) is 4.87. The number of hydrogen-bond acceptors (Lipinski definition) is 4. The SMILES string of the molecule is NOCCCCOC1CCCO1. The van der Waals surface area contributed by atoms with E-state index in [4.69, 9.17) is 15.4 Å². The van der Waals surface area contributed by atoms with Gasteiger partial charge < -0.3 is 14.3 Å². The van der Waals surface area contributed by atoms with E-state index in [1.807, 2.05) is 0 Å². The van der Waals surface area contributed by atoms with Gasteiger partial charge in [-0.05, 0) is 19.3 Å². The van der Waals surface area contributed by atoms with Gasteiger partial charge in [-0.1, -0.05) is 0 Å². The van der Waals surface area contributed by atoms with Gasteiger partial charge in [0.25, 0.3) is 0 Å². The van der Waals surface area contributed by atoms with Gasteiger partial charge in [0.2, 0.25) is 0 Å². The second kappa shape index (κ2) is 6.37. The minimum Gasteiger partial charge on any atom is -0.353 e. The summed E-state index contributed by atoms with van der Waals surface area (Å²) in [4.78, 5) is 4.43. The number of unbranched alkanes of at least 4 members (excludes halogenated alkanes) is 1. The van der Waals surface area contributed by atoms with Crippen molar-refractivity contribution in [1.82, 2.24) is 0 Å². The van der Waals surface area contributed by atoms with Gasteiger partial charge in [0, 0.05) is 19.6 Å². The van der Waals surface area contributed by atoms with E-state index in [2.05, 4.69) is 4.84 Å². The van der Waals surface area contributed by atoms with Crippen molar-refractivity contribution >= 4 is 0 Å². The number of nitrogens with two attached hydrogens (primary N) is 1. The molecule has 72 valence electrons. The van der Waals surface area contributed by atoms with Crippen LogP contribution in [0.25, 0.3) is 0 Å². The highest BCUT2D eigenvalue weighted by molar-refractivity contribution is 4.54. The van der Waals surface area contributed by atoms with E-state index in [1.54, 1.807) is 0 Å². The highest BCUT2D eigenvalue weighted by Crippen LogP contribution is 2.13. The summed E-state index contributed by atoms with van der Waals surface area (Å²) in [6.07, 6.45) is 4.13. The molecule has 0 aromatic rings. The zero-order valence-corrected chi connectivity index (χ0v) is 7.33. The first-order valence-electron chi connectivity index (χ1n) is 4.48. The van der Waals surface area contributed by atoms with Gasteiger partial charge in [-0.15, -0.1) is 0 Å². The molecule has 1 saturated heterocycles. The van der Waals surface area contributed by atoms with Crippen LogP contribution in [0.3, 0.4) is 0 Å². The molecule has 4 heteroatoms. The van der Waals surface area contributed by atoms with E-state index >= 15 is 0 Å². The van der Waals surface area contributed by atoms with Crippen molar-refractivity contribution in [1.29, 1.82) is 0 Å². The maximum absolute atomic E-state index is 5.43. The van der Waals surface area contributed by atoms with Crippen LogP contribution in [0, 0.1) is 0 Å². The second-order valence-corrected chi connectivity index (χ2v) is 2.89. The van der Waals surface area contributed by atoms with Gasteiger partial charge in [-0.25, -0.2) is 5.90 Å². The van der Waals surface area contributed by atoms with Gasteiger partial charge >= 0.3 is 0 Å². The van der Waals surface area contributed by atoms with Crippen molar-refractivity contribution in [2.45, 2.75) is 32.0 Å². The largest absolute Gasteiger partial charge is 0.353 e. The van der Waals surface area contributed by atoms with Crippen molar-refractivity contribution < 1.29 is 14.3 Å². The molecule has 1 heterocycles. The standard InChI is InChI=1S/C8H17NO3/c9-12-7-2-1-5-10-8-4-3-6-11-8/h8H,1-7,9H2. The van der Waals surface area contributed by atoms with Crippen LogP contribution in [-0.4, -0.2) is 26.1 Å². The zero-order chi connectivity index (χ0) is 8.65. The van der Waals surface area contributed by atoms with Crippen LogP contribution in [0.2, 0.25) is 0 Å². The first-order valence-corrected chi connectivity index (χ1v) is 4.48. The fourth-order valence-electron chi connectivity index (χ4n) is 1.18. The number of ether oxygens (including phenoxy) is 2. The van der Waals surface area contributed by atoms with Crippen molar-refractivity contribution in [2.75, 3.05) is 19.8 Å². The van der Waals surface area contributed by atoms with Crippen molar-refractivity contribution in [3.05, 3.63) is 0 Å². The van der Waals surface area contributed by atoms with E-state index in [0.717, 1.165) is 38.9 Å². The van der Waals surface area contributed by atoms with Crippen LogP contribution in [0.5, 0.6) is 0 Å². The van der Waals surface area contributed by atoms with Crippen LogP contribution < -0.4 is 5.90 Å². The fourth-order valence-corrected chi connectivity index (χ4v) is 1.18. The van der Waals surface area contributed by atoms with E-state index < -0.39 is 0 Å². The maximum atomic E-state index is 5.43. The molecular formula is C8H17NO3. The molecule has 4 nitrogen and oxygen atoms in total. The molecule has 0 radical (unpaired) electrons. The Bertz CT molecular complexity index is 104. The first kappa shape index (κ1) is 9.92. The molecule has 0 bridgehead atoms. The minimum absolute atomic E-state index is 0.0452. The van der Waals surface area contributed by atoms with Crippen LogP contribution >= 0.6 is 0 Å². The van der Waals surface area contributed by atoms with Crippen molar-refractivity contribution in [3.63, 3.8) is 0 Å².